The van der Waals surface area contributed by atoms with Gasteiger partial charge < -0.3 is 11.5 Å². The number of rotatable bonds is 3. The number of pyridine rings is 2. The van der Waals surface area contributed by atoms with Crippen molar-refractivity contribution in [1.82, 2.24) is 34.3 Å². The van der Waals surface area contributed by atoms with Gasteiger partial charge in [0.25, 0.3) is 0 Å². The molecular formula is C22H19N9. The van der Waals surface area contributed by atoms with Crippen molar-refractivity contribution in [1.29, 1.82) is 0 Å². The highest BCUT2D eigenvalue weighted by atomic mass is 15.3. The van der Waals surface area contributed by atoms with E-state index in [1.54, 1.807) is 17.2 Å². The van der Waals surface area contributed by atoms with Gasteiger partial charge in [0, 0.05) is 17.9 Å². The lowest BCUT2D eigenvalue weighted by Gasteiger charge is -2.13. The molecule has 0 bridgehead atoms. The predicted octanol–water partition coefficient (Wildman–Crippen LogP) is 2.59. The standard InChI is InChI=1S/C22H19N9/c23-17-6-3-13-10-14(4-5-15(13)17)31-21(16-2-1-9-26-20(16)24)28-18-7-8-19(29-22(18)31)30-12-25-11-27-30/h1-2,4-5,7-12,17H,3,6,23H2,(H2,24,26)/t17-/m0/s1. The second kappa shape index (κ2) is 6.71. The Kier molecular flexibility index (Phi) is 3.84. The van der Waals surface area contributed by atoms with E-state index in [1.807, 2.05) is 28.8 Å². The van der Waals surface area contributed by atoms with Gasteiger partial charge in [0.2, 0.25) is 0 Å². The summed E-state index contributed by atoms with van der Waals surface area (Å²) in [7, 11) is 0. The summed E-state index contributed by atoms with van der Waals surface area (Å²) in [6.07, 6.45) is 6.68. The van der Waals surface area contributed by atoms with E-state index >= 15 is 0 Å². The Bertz CT molecular complexity index is 1420. The molecule has 9 nitrogen and oxygen atoms in total. The summed E-state index contributed by atoms with van der Waals surface area (Å²) >= 11 is 0. The average molecular weight is 409 g/mol. The Balaban J connectivity index is 1.64. The van der Waals surface area contributed by atoms with Crippen LogP contribution in [0.5, 0.6) is 0 Å². The van der Waals surface area contributed by atoms with Gasteiger partial charge in [-0.05, 0) is 60.4 Å². The molecule has 0 saturated heterocycles. The first-order valence-corrected chi connectivity index (χ1v) is 10.0. The molecule has 0 aliphatic heterocycles. The maximum atomic E-state index is 6.25. The van der Waals surface area contributed by atoms with E-state index in [2.05, 4.69) is 33.3 Å². The van der Waals surface area contributed by atoms with Crippen LogP contribution in [0.4, 0.5) is 5.82 Å². The zero-order chi connectivity index (χ0) is 20.9. The molecule has 4 heterocycles. The van der Waals surface area contributed by atoms with Gasteiger partial charge in [0.15, 0.2) is 17.3 Å². The summed E-state index contributed by atoms with van der Waals surface area (Å²) in [5.41, 5.74) is 18.1. The van der Waals surface area contributed by atoms with Gasteiger partial charge in [0.1, 0.15) is 24.0 Å². The molecule has 4 aromatic heterocycles. The summed E-state index contributed by atoms with van der Waals surface area (Å²) in [5.74, 6) is 1.75. The topological polar surface area (TPSA) is 126 Å². The molecule has 1 aliphatic carbocycles. The highest BCUT2D eigenvalue weighted by Gasteiger charge is 2.22. The lowest BCUT2D eigenvalue weighted by atomic mass is 10.1. The van der Waals surface area contributed by atoms with Crippen LogP contribution in [-0.2, 0) is 6.42 Å². The van der Waals surface area contributed by atoms with E-state index in [-0.39, 0.29) is 6.04 Å². The number of fused-ring (bicyclic) bond motifs is 2. The predicted molar refractivity (Wildman–Crippen MR) is 117 cm³/mol. The van der Waals surface area contributed by atoms with E-state index in [4.69, 9.17) is 21.4 Å². The van der Waals surface area contributed by atoms with Gasteiger partial charge in [-0.2, -0.15) is 5.10 Å². The highest BCUT2D eigenvalue weighted by molar-refractivity contribution is 5.83. The lowest BCUT2D eigenvalue weighted by Crippen LogP contribution is -2.06. The molecule has 1 aromatic carbocycles. The third kappa shape index (κ3) is 2.78. The van der Waals surface area contributed by atoms with Crippen molar-refractivity contribution in [3.63, 3.8) is 0 Å². The monoisotopic (exact) mass is 409 g/mol. The lowest BCUT2D eigenvalue weighted by molar-refractivity contribution is 0.713. The molecule has 5 aromatic rings. The Labute approximate surface area is 177 Å². The number of imidazole rings is 1. The van der Waals surface area contributed by atoms with Crippen LogP contribution in [-0.4, -0.2) is 34.3 Å². The van der Waals surface area contributed by atoms with Gasteiger partial charge >= 0.3 is 0 Å². The molecule has 6 rings (SSSR count). The van der Waals surface area contributed by atoms with Crippen LogP contribution in [0.25, 0.3) is 34.1 Å². The van der Waals surface area contributed by atoms with Crippen molar-refractivity contribution < 1.29 is 0 Å². The number of aryl methyl sites for hydroxylation is 1. The molecule has 0 spiro atoms. The van der Waals surface area contributed by atoms with Gasteiger partial charge in [-0.3, -0.25) is 4.57 Å². The number of anilines is 1. The van der Waals surface area contributed by atoms with Crippen molar-refractivity contribution in [2.75, 3.05) is 5.73 Å². The molecule has 4 N–H and O–H groups in total. The maximum absolute atomic E-state index is 6.25. The smallest absolute Gasteiger partial charge is 0.167 e. The molecule has 0 amide bonds. The first kappa shape index (κ1) is 17.7. The van der Waals surface area contributed by atoms with Crippen molar-refractivity contribution in [2.45, 2.75) is 18.9 Å². The molecule has 0 fully saturated rings. The van der Waals surface area contributed by atoms with E-state index < -0.39 is 0 Å². The minimum absolute atomic E-state index is 0.0917. The summed E-state index contributed by atoms with van der Waals surface area (Å²) in [5, 5.41) is 4.20. The Morgan fingerprint density at radius 1 is 1.06 bits per heavy atom. The van der Waals surface area contributed by atoms with Crippen molar-refractivity contribution in [3.8, 4) is 22.9 Å². The molecule has 31 heavy (non-hydrogen) atoms. The zero-order valence-corrected chi connectivity index (χ0v) is 16.6. The number of benzene rings is 1. The molecule has 9 heteroatoms. The summed E-state index contributed by atoms with van der Waals surface area (Å²) in [6.45, 7) is 0. The van der Waals surface area contributed by atoms with Crippen molar-refractivity contribution >= 4 is 17.0 Å². The third-order valence-electron chi connectivity index (χ3n) is 5.73. The summed E-state index contributed by atoms with van der Waals surface area (Å²) < 4.78 is 3.64. The fraction of sp³-hybridized carbons (Fsp3) is 0.136. The largest absolute Gasteiger partial charge is 0.383 e. The number of nitrogens with two attached hydrogens (primary N) is 2. The minimum Gasteiger partial charge on any atom is -0.383 e. The van der Waals surface area contributed by atoms with E-state index in [9.17, 15) is 0 Å². The second-order valence-corrected chi connectivity index (χ2v) is 7.59. The fourth-order valence-corrected chi connectivity index (χ4v) is 4.21. The Morgan fingerprint density at radius 3 is 2.84 bits per heavy atom. The number of hydrogen-bond donors (Lipinski definition) is 2. The van der Waals surface area contributed by atoms with E-state index in [1.165, 1.54) is 17.5 Å². The van der Waals surface area contributed by atoms with E-state index in [0.29, 0.717) is 23.1 Å². The van der Waals surface area contributed by atoms with Crippen LogP contribution in [0, 0.1) is 0 Å². The minimum atomic E-state index is 0.0917. The van der Waals surface area contributed by atoms with Crippen LogP contribution in [0.3, 0.4) is 0 Å². The molecule has 152 valence electrons. The molecule has 1 atom stereocenters. The molecule has 0 radical (unpaired) electrons. The fourth-order valence-electron chi connectivity index (χ4n) is 4.21. The van der Waals surface area contributed by atoms with Gasteiger partial charge in [-0.25, -0.2) is 24.6 Å². The van der Waals surface area contributed by atoms with Crippen LogP contribution in [0.1, 0.15) is 23.6 Å². The van der Waals surface area contributed by atoms with Crippen molar-refractivity contribution in [2.24, 2.45) is 5.73 Å². The molecule has 0 unspecified atom stereocenters. The van der Waals surface area contributed by atoms with E-state index in [0.717, 1.165) is 29.6 Å². The quantitative estimate of drug-likeness (QED) is 0.469. The zero-order valence-electron chi connectivity index (χ0n) is 16.6. The van der Waals surface area contributed by atoms with Crippen molar-refractivity contribution in [3.05, 3.63) is 72.4 Å². The molecule has 1 aliphatic rings. The maximum Gasteiger partial charge on any atom is 0.167 e. The van der Waals surface area contributed by atoms with Crippen LogP contribution in [0.15, 0.2) is 61.3 Å². The van der Waals surface area contributed by atoms with Gasteiger partial charge in [-0.1, -0.05) is 6.07 Å². The van der Waals surface area contributed by atoms with Crippen LogP contribution < -0.4 is 11.5 Å². The summed E-state index contributed by atoms with van der Waals surface area (Å²) in [6, 6.07) is 14.0. The number of nitrogens with zero attached hydrogens (tertiary/aromatic N) is 7. The Hall–Kier alpha value is -4.11. The highest BCUT2D eigenvalue weighted by Crippen LogP contribution is 2.34. The Morgan fingerprint density at radius 2 is 2.00 bits per heavy atom. The van der Waals surface area contributed by atoms with Crippen LogP contribution >= 0.6 is 0 Å². The van der Waals surface area contributed by atoms with Gasteiger partial charge in [-0.15, -0.1) is 0 Å². The van der Waals surface area contributed by atoms with Gasteiger partial charge in [0.05, 0.1) is 5.56 Å². The number of nitrogen functional groups attached to an aromatic ring is 1. The first-order valence-electron chi connectivity index (χ1n) is 10.0. The molecule has 0 saturated carbocycles. The molecular weight excluding hydrogens is 390 g/mol. The second-order valence-electron chi connectivity index (χ2n) is 7.59. The number of hydrogen-bond acceptors (Lipinski definition) is 7. The SMILES string of the molecule is Nc1ncccc1-c1nc2ccc(-n3cncn3)nc2n1-c1ccc2c(c1)CC[C@@H]2N. The average Bonchev–Trinajstić information content (AvgIpc) is 3.52. The first-order chi connectivity index (χ1) is 15.2. The summed E-state index contributed by atoms with van der Waals surface area (Å²) in [4.78, 5) is 18.0. The normalized spacial score (nSPS) is 15.5. The third-order valence-corrected chi connectivity index (χ3v) is 5.73. The number of aromatic nitrogens is 7. The van der Waals surface area contributed by atoms with Crippen LogP contribution in [0.2, 0.25) is 0 Å².